The molecule has 1 rings (SSSR count). The molecule has 1 aromatic carbocycles. The fourth-order valence-electron chi connectivity index (χ4n) is 1.50. The van der Waals surface area contributed by atoms with Gasteiger partial charge in [0.2, 0.25) is 0 Å². The molecule has 0 fully saturated rings. The van der Waals surface area contributed by atoms with Gasteiger partial charge in [-0.2, -0.15) is 0 Å². The van der Waals surface area contributed by atoms with E-state index in [0.29, 0.717) is 11.1 Å². The van der Waals surface area contributed by atoms with E-state index in [0.717, 1.165) is 0 Å². The maximum atomic E-state index is 13.6. The molecule has 0 radical (unpaired) electrons. The van der Waals surface area contributed by atoms with Gasteiger partial charge in [0, 0.05) is 6.04 Å². The fourth-order valence-corrected chi connectivity index (χ4v) is 1.50. The van der Waals surface area contributed by atoms with Gasteiger partial charge in [-0.25, -0.2) is 8.78 Å². The van der Waals surface area contributed by atoms with Crippen molar-refractivity contribution >= 4 is 0 Å². The largest absolute Gasteiger partial charge is 0.387 e. The van der Waals surface area contributed by atoms with Crippen molar-refractivity contribution in [1.29, 1.82) is 0 Å². The van der Waals surface area contributed by atoms with E-state index < -0.39 is 23.8 Å². The zero-order chi connectivity index (χ0) is 11.7. The highest BCUT2D eigenvalue weighted by Crippen LogP contribution is 2.27. The maximum absolute atomic E-state index is 13.6. The van der Waals surface area contributed by atoms with Gasteiger partial charge >= 0.3 is 0 Å². The summed E-state index contributed by atoms with van der Waals surface area (Å²) in [6, 6.07) is 0.692. The first-order valence-electron chi connectivity index (χ1n) is 4.75. The minimum atomic E-state index is -1.32. The Hall–Kier alpha value is -1.00. The molecule has 0 aliphatic carbocycles. The predicted molar refractivity (Wildman–Crippen MR) is 54.4 cm³/mol. The van der Waals surface area contributed by atoms with Crippen LogP contribution in [0.2, 0.25) is 0 Å². The lowest BCUT2D eigenvalue weighted by Crippen LogP contribution is -2.26. The molecule has 3 N–H and O–H groups in total. The number of aliphatic hydroxyl groups excluding tert-OH is 1. The molecular formula is C11H15F2NO. The zero-order valence-electron chi connectivity index (χ0n) is 9.01. The number of aliphatic hydroxyl groups is 1. The van der Waals surface area contributed by atoms with Gasteiger partial charge in [0.05, 0.1) is 11.7 Å². The number of halogens is 2. The molecule has 15 heavy (non-hydrogen) atoms. The van der Waals surface area contributed by atoms with Crippen LogP contribution in [-0.2, 0) is 0 Å². The Balaban J connectivity index is 3.39. The highest BCUT2D eigenvalue weighted by molar-refractivity contribution is 5.34. The molecule has 0 aromatic heterocycles. The summed E-state index contributed by atoms with van der Waals surface area (Å²) in [5, 5.41) is 9.60. The number of aryl methyl sites for hydroxylation is 2. The first-order valence-corrected chi connectivity index (χ1v) is 4.75. The highest BCUT2D eigenvalue weighted by Gasteiger charge is 2.23. The zero-order valence-corrected chi connectivity index (χ0v) is 9.01. The van der Waals surface area contributed by atoms with Crippen molar-refractivity contribution in [3.05, 3.63) is 34.4 Å². The SMILES string of the molecule is Cc1cc(C)c(F)c(C(O)C(C)N)c1F. The summed E-state index contributed by atoms with van der Waals surface area (Å²) in [6.45, 7) is 4.56. The van der Waals surface area contributed by atoms with Crippen LogP contribution in [0, 0.1) is 25.5 Å². The smallest absolute Gasteiger partial charge is 0.134 e. The minimum Gasteiger partial charge on any atom is -0.387 e. The molecule has 0 aliphatic rings. The molecule has 0 spiro atoms. The van der Waals surface area contributed by atoms with Crippen LogP contribution >= 0.6 is 0 Å². The number of nitrogens with two attached hydrogens (primary N) is 1. The van der Waals surface area contributed by atoms with Gasteiger partial charge in [-0.1, -0.05) is 6.07 Å². The second-order valence-electron chi connectivity index (χ2n) is 3.86. The lowest BCUT2D eigenvalue weighted by atomic mass is 9.97. The van der Waals surface area contributed by atoms with Crippen LogP contribution in [-0.4, -0.2) is 11.1 Å². The second-order valence-corrected chi connectivity index (χ2v) is 3.86. The van der Waals surface area contributed by atoms with Gasteiger partial charge in [-0.15, -0.1) is 0 Å². The number of hydrogen-bond donors (Lipinski definition) is 2. The Morgan fingerprint density at radius 1 is 1.20 bits per heavy atom. The van der Waals surface area contributed by atoms with Gasteiger partial charge in [0.15, 0.2) is 0 Å². The molecule has 2 unspecified atom stereocenters. The molecule has 2 atom stereocenters. The fraction of sp³-hybridized carbons (Fsp3) is 0.455. The summed E-state index contributed by atoms with van der Waals surface area (Å²) < 4.78 is 27.2. The van der Waals surface area contributed by atoms with Crippen LogP contribution in [0.5, 0.6) is 0 Å². The Bertz CT molecular complexity index is 351. The van der Waals surface area contributed by atoms with Crippen LogP contribution in [0.4, 0.5) is 8.78 Å². The molecule has 0 bridgehead atoms. The first kappa shape index (κ1) is 12.1. The lowest BCUT2D eigenvalue weighted by Gasteiger charge is -2.18. The summed E-state index contributed by atoms with van der Waals surface area (Å²) >= 11 is 0. The molecular weight excluding hydrogens is 200 g/mol. The van der Waals surface area contributed by atoms with Crippen LogP contribution < -0.4 is 5.73 Å². The number of rotatable bonds is 2. The van der Waals surface area contributed by atoms with Crippen molar-refractivity contribution in [1.82, 2.24) is 0 Å². The van der Waals surface area contributed by atoms with Crippen molar-refractivity contribution in [2.45, 2.75) is 32.9 Å². The Morgan fingerprint density at radius 3 is 1.93 bits per heavy atom. The minimum absolute atomic E-state index is 0.309. The van der Waals surface area contributed by atoms with Gasteiger partial charge in [-0.3, -0.25) is 0 Å². The topological polar surface area (TPSA) is 46.2 Å². The molecule has 1 aromatic rings. The highest BCUT2D eigenvalue weighted by atomic mass is 19.1. The van der Waals surface area contributed by atoms with E-state index in [-0.39, 0.29) is 5.56 Å². The summed E-state index contributed by atoms with van der Waals surface area (Å²) in [5.74, 6) is -1.44. The molecule has 0 heterocycles. The lowest BCUT2D eigenvalue weighted by molar-refractivity contribution is 0.144. The predicted octanol–water partition coefficient (Wildman–Crippen LogP) is 1.96. The van der Waals surface area contributed by atoms with E-state index in [9.17, 15) is 13.9 Å². The van der Waals surface area contributed by atoms with Crippen molar-refractivity contribution in [2.24, 2.45) is 5.73 Å². The van der Waals surface area contributed by atoms with E-state index in [2.05, 4.69) is 0 Å². The molecule has 84 valence electrons. The van der Waals surface area contributed by atoms with E-state index >= 15 is 0 Å². The van der Waals surface area contributed by atoms with Crippen LogP contribution in [0.25, 0.3) is 0 Å². The van der Waals surface area contributed by atoms with Gasteiger partial charge in [-0.05, 0) is 31.9 Å². The molecule has 0 amide bonds. The summed E-state index contributed by atoms with van der Waals surface area (Å²) in [4.78, 5) is 0. The van der Waals surface area contributed by atoms with Crippen molar-refractivity contribution < 1.29 is 13.9 Å². The van der Waals surface area contributed by atoms with Crippen LogP contribution in [0.1, 0.15) is 29.7 Å². The van der Waals surface area contributed by atoms with Crippen LogP contribution in [0.15, 0.2) is 6.07 Å². The third-order valence-corrected chi connectivity index (χ3v) is 2.39. The Morgan fingerprint density at radius 2 is 1.60 bits per heavy atom. The van der Waals surface area contributed by atoms with E-state index in [1.165, 1.54) is 26.8 Å². The quantitative estimate of drug-likeness (QED) is 0.792. The van der Waals surface area contributed by atoms with Gasteiger partial charge in [0.1, 0.15) is 11.6 Å². The molecule has 0 aliphatic heterocycles. The number of benzene rings is 1. The Labute approximate surface area is 87.7 Å². The number of hydrogen-bond acceptors (Lipinski definition) is 2. The average molecular weight is 215 g/mol. The normalized spacial score (nSPS) is 15.1. The first-order chi connectivity index (χ1) is 6.86. The average Bonchev–Trinajstić information content (AvgIpc) is 2.15. The van der Waals surface area contributed by atoms with Gasteiger partial charge < -0.3 is 10.8 Å². The molecule has 4 heteroatoms. The molecule has 0 saturated carbocycles. The van der Waals surface area contributed by atoms with Crippen molar-refractivity contribution in [3.63, 3.8) is 0 Å². The third kappa shape index (κ3) is 2.16. The summed E-state index contributed by atoms with van der Waals surface area (Å²) in [7, 11) is 0. The third-order valence-electron chi connectivity index (χ3n) is 2.39. The molecule has 2 nitrogen and oxygen atoms in total. The summed E-state index contributed by atoms with van der Waals surface area (Å²) in [6.07, 6.45) is -1.32. The van der Waals surface area contributed by atoms with Crippen molar-refractivity contribution in [2.75, 3.05) is 0 Å². The van der Waals surface area contributed by atoms with Crippen molar-refractivity contribution in [3.8, 4) is 0 Å². The standard InChI is InChI=1S/C11H15F2NO/c1-5-4-6(2)10(13)8(9(5)12)11(15)7(3)14/h4,7,11,15H,14H2,1-3H3. The summed E-state index contributed by atoms with van der Waals surface area (Å²) in [5.41, 5.74) is 5.71. The van der Waals surface area contributed by atoms with Crippen LogP contribution in [0.3, 0.4) is 0 Å². The van der Waals surface area contributed by atoms with Gasteiger partial charge in [0.25, 0.3) is 0 Å². The van der Waals surface area contributed by atoms with E-state index in [1.54, 1.807) is 0 Å². The monoisotopic (exact) mass is 215 g/mol. The Kier molecular flexibility index (Phi) is 3.42. The van der Waals surface area contributed by atoms with E-state index in [1.807, 2.05) is 0 Å². The second kappa shape index (κ2) is 4.24. The van der Waals surface area contributed by atoms with E-state index in [4.69, 9.17) is 5.73 Å². The maximum Gasteiger partial charge on any atom is 0.134 e. The molecule has 0 saturated heterocycles.